The molecule has 1 saturated heterocycles. The third-order valence-electron chi connectivity index (χ3n) is 5.08. The van der Waals surface area contributed by atoms with Crippen molar-refractivity contribution in [2.45, 2.75) is 32.1 Å². The Morgan fingerprint density at radius 2 is 1.74 bits per heavy atom. The smallest absolute Gasteiger partial charge is 0.230 e. The third kappa shape index (κ3) is 3.28. The van der Waals surface area contributed by atoms with Crippen LogP contribution in [0.3, 0.4) is 0 Å². The zero-order valence-corrected chi connectivity index (χ0v) is 14.6. The van der Waals surface area contributed by atoms with Crippen molar-refractivity contribution in [1.82, 2.24) is 4.31 Å². The zero-order chi connectivity index (χ0) is 16.6. The van der Waals surface area contributed by atoms with Crippen LogP contribution in [0.15, 0.2) is 24.3 Å². The molecule has 2 aliphatic rings. The maximum Gasteiger partial charge on any atom is 0.230 e. The Kier molecular flexibility index (Phi) is 4.47. The molecule has 5 nitrogen and oxygen atoms in total. The van der Waals surface area contributed by atoms with Gasteiger partial charge < -0.3 is 4.90 Å². The predicted molar refractivity (Wildman–Crippen MR) is 91.0 cm³/mol. The molecule has 1 fully saturated rings. The molecule has 1 amide bonds. The van der Waals surface area contributed by atoms with Crippen molar-refractivity contribution in [2.24, 2.45) is 5.92 Å². The fourth-order valence-electron chi connectivity index (χ4n) is 3.63. The number of carbonyl (C=O) groups is 1. The van der Waals surface area contributed by atoms with Crippen LogP contribution in [0.5, 0.6) is 0 Å². The Bertz CT molecular complexity index is 694. The minimum absolute atomic E-state index is 0.0746. The molecule has 0 bridgehead atoms. The first-order chi connectivity index (χ1) is 10.9. The van der Waals surface area contributed by atoms with Gasteiger partial charge in [-0.3, -0.25) is 4.79 Å². The minimum Gasteiger partial charge on any atom is -0.312 e. The topological polar surface area (TPSA) is 57.7 Å². The highest BCUT2D eigenvalue weighted by Gasteiger charge is 2.34. The molecule has 1 aromatic carbocycles. The van der Waals surface area contributed by atoms with Crippen LogP contribution in [0.4, 0.5) is 5.69 Å². The lowest BCUT2D eigenvalue weighted by atomic mass is 9.89. The maximum absolute atomic E-state index is 12.9. The van der Waals surface area contributed by atoms with Gasteiger partial charge in [0.25, 0.3) is 0 Å². The molecule has 1 aromatic rings. The summed E-state index contributed by atoms with van der Waals surface area (Å²) >= 11 is 0. The summed E-state index contributed by atoms with van der Waals surface area (Å²) in [6, 6.07) is 8.12. The van der Waals surface area contributed by atoms with Crippen molar-refractivity contribution >= 4 is 21.6 Å². The van der Waals surface area contributed by atoms with E-state index in [1.807, 2.05) is 23.1 Å². The van der Waals surface area contributed by atoms with Crippen molar-refractivity contribution in [3.8, 4) is 0 Å². The van der Waals surface area contributed by atoms with E-state index >= 15 is 0 Å². The van der Waals surface area contributed by atoms with Gasteiger partial charge in [0.1, 0.15) is 0 Å². The molecule has 0 aromatic heterocycles. The van der Waals surface area contributed by atoms with Gasteiger partial charge in [-0.05, 0) is 36.8 Å². The Balaban J connectivity index is 1.74. The monoisotopic (exact) mass is 336 g/mol. The lowest BCUT2D eigenvalue weighted by Gasteiger charge is -2.37. The van der Waals surface area contributed by atoms with Gasteiger partial charge in [-0.1, -0.05) is 25.1 Å². The molecule has 126 valence electrons. The fraction of sp³-hybridized carbons (Fsp3) is 0.588. The highest BCUT2D eigenvalue weighted by molar-refractivity contribution is 7.88. The third-order valence-corrected chi connectivity index (χ3v) is 6.39. The van der Waals surface area contributed by atoms with Crippen molar-refractivity contribution in [3.63, 3.8) is 0 Å². The zero-order valence-electron chi connectivity index (χ0n) is 13.7. The molecular weight excluding hydrogens is 312 g/mol. The van der Waals surface area contributed by atoms with Crippen LogP contribution < -0.4 is 4.90 Å². The Hall–Kier alpha value is -1.40. The number of benzene rings is 1. The Morgan fingerprint density at radius 3 is 2.39 bits per heavy atom. The maximum atomic E-state index is 12.9. The first-order valence-corrected chi connectivity index (χ1v) is 10.1. The van der Waals surface area contributed by atoms with E-state index in [1.54, 1.807) is 0 Å². The molecule has 6 heteroatoms. The van der Waals surface area contributed by atoms with E-state index in [-0.39, 0.29) is 11.8 Å². The Morgan fingerprint density at radius 1 is 1.09 bits per heavy atom. The first-order valence-electron chi connectivity index (χ1n) is 8.23. The van der Waals surface area contributed by atoms with Crippen molar-refractivity contribution in [2.75, 3.05) is 30.8 Å². The van der Waals surface area contributed by atoms with E-state index in [1.165, 1.54) is 16.1 Å². The number of rotatable bonds is 2. The highest BCUT2D eigenvalue weighted by atomic mass is 32.2. The average molecular weight is 336 g/mol. The standard InChI is InChI=1S/C17H24N2O3S/c1-13-7-12-19(16-6-4-3-5-15(13)16)17(20)14-8-10-18(11-9-14)23(2,21)22/h3-6,13-14H,7-12H2,1-2H3. The SMILES string of the molecule is CC1CCN(C(=O)C2CCN(S(C)(=O)=O)CC2)c2ccccc21. The van der Waals surface area contributed by atoms with Gasteiger partial charge in [-0.2, -0.15) is 0 Å². The molecule has 0 aliphatic carbocycles. The largest absolute Gasteiger partial charge is 0.312 e. The second-order valence-electron chi connectivity index (χ2n) is 6.67. The molecule has 0 N–H and O–H groups in total. The summed E-state index contributed by atoms with van der Waals surface area (Å²) in [5.41, 5.74) is 2.27. The number of hydrogen-bond donors (Lipinski definition) is 0. The molecule has 3 rings (SSSR count). The number of hydrogen-bond acceptors (Lipinski definition) is 3. The number of para-hydroxylation sites is 1. The van der Waals surface area contributed by atoms with Crippen LogP contribution in [0, 0.1) is 5.92 Å². The molecule has 1 unspecified atom stereocenters. The number of anilines is 1. The number of amides is 1. The number of fused-ring (bicyclic) bond motifs is 1. The van der Waals surface area contributed by atoms with E-state index in [2.05, 4.69) is 13.0 Å². The van der Waals surface area contributed by atoms with E-state index in [0.717, 1.165) is 18.7 Å². The van der Waals surface area contributed by atoms with E-state index < -0.39 is 10.0 Å². The number of sulfonamides is 1. The van der Waals surface area contributed by atoms with Gasteiger partial charge in [0, 0.05) is 31.2 Å². The second kappa shape index (κ2) is 6.24. The van der Waals surface area contributed by atoms with Gasteiger partial charge in [0.15, 0.2) is 0 Å². The summed E-state index contributed by atoms with van der Waals surface area (Å²) < 4.78 is 24.7. The molecule has 23 heavy (non-hydrogen) atoms. The second-order valence-corrected chi connectivity index (χ2v) is 8.66. The summed E-state index contributed by atoms with van der Waals surface area (Å²) in [6.07, 6.45) is 3.43. The van der Waals surface area contributed by atoms with Crippen LogP contribution in [0.2, 0.25) is 0 Å². The van der Waals surface area contributed by atoms with Gasteiger partial charge >= 0.3 is 0 Å². The lowest BCUT2D eigenvalue weighted by molar-refractivity contribution is -0.123. The summed E-state index contributed by atoms with van der Waals surface area (Å²) in [6.45, 7) is 3.84. The fourth-order valence-corrected chi connectivity index (χ4v) is 4.51. The van der Waals surface area contributed by atoms with Crippen LogP contribution in [0.25, 0.3) is 0 Å². The first kappa shape index (κ1) is 16.5. The quantitative estimate of drug-likeness (QED) is 0.832. The number of carbonyl (C=O) groups excluding carboxylic acids is 1. The molecule has 1 atom stereocenters. The van der Waals surface area contributed by atoms with E-state index in [0.29, 0.717) is 31.8 Å². The van der Waals surface area contributed by atoms with Gasteiger partial charge in [0.05, 0.1) is 6.26 Å². The molecule has 0 spiro atoms. The van der Waals surface area contributed by atoms with Crippen LogP contribution in [-0.4, -0.2) is 44.5 Å². The van der Waals surface area contributed by atoms with E-state index in [4.69, 9.17) is 0 Å². The summed E-state index contributed by atoms with van der Waals surface area (Å²) in [4.78, 5) is 14.8. The van der Waals surface area contributed by atoms with Crippen LogP contribution in [0.1, 0.15) is 37.7 Å². The van der Waals surface area contributed by atoms with Crippen molar-refractivity contribution in [1.29, 1.82) is 0 Å². The van der Waals surface area contributed by atoms with Gasteiger partial charge in [-0.15, -0.1) is 0 Å². The minimum atomic E-state index is -3.15. The van der Waals surface area contributed by atoms with Gasteiger partial charge in [0.2, 0.25) is 15.9 Å². The van der Waals surface area contributed by atoms with E-state index in [9.17, 15) is 13.2 Å². The summed E-state index contributed by atoms with van der Waals surface area (Å²) in [5.74, 6) is 0.550. The van der Waals surface area contributed by atoms with Crippen molar-refractivity contribution < 1.29 is 13.2 Å². The molecular formula is C17H24N2O3S. The normalized spacial score (nSPS) is 23.6. The molecule has 0 saturated carbocycles. The molecule has 0 radical (unpaired) electrons. The average Bonchev–Trinajstić information content (AvgIpc) is 2.54. The molecule has 2 heterocycles. The number of piperidine rings is 1. The summed E-state index contributed by atoms with van der Waals surface area (Å²) in [7, 11) is -3.15. The number of nitrogens with zero attached hydrogens (tertiary/aromatic N) is 2. The highest BCUT2D eigenvalue weighted by Crippen LogP contribution is 2.36. The lowest BCUT2D eigenvalue weighted by Crippen LogP contribution is -2.45. The van der Waals surface area contributed by atoms with Crippen LogP contribution in [-0.2, 0) is 14.8 Å². The van der Waals surface area contributed by atoms with Gasteiger partial charge in [-0.25, -0.2) is 12.7 Å². The summed E-state index contributed by atoms with van der Waals surface area (Å²) in [5, 5.41) is 0. The van der Waals surface area contributed by atoms with Crippen molar-refractivity contribution in [3.05, 3.63) is 29.8 Å². The predicted octanol–water partition coefficient (Wildman–Crippen LogP) is 2.20. The molecule has 2 aliphatic heterocycles. The Labute approximate surface area is 138 Å². The van der Waals surface area contributed by atoms with Crippen LogP contribution >= 0.6 is 0 Å².